The summed E-state index contributed by atoms with van der Waals surface area (Å²) < 4.78 is 0. The van der Waals surface area contributed by atoms with Crippen LogP contribution in [0.5, 0.6) is 0 Å². The van der Waals surface area contributed by atoms with Gasteiger partial charge in [-0.25, -0.2) is 0 Å². The first kappa shape index (κ1) is 12.2. The van der Waals surface area contributed by atoms with Gasteiger partial charge >= 0.3 is 0 Å². The van der Waals surface area contributed by atoms with Gasteiger partial charge < -0.3 is 16.8 Å². The van der Waals surface area contributed by atoms with Gasteiger partial charge in [0.25, 0.3) is 0 Å². The zero-order valence-corrected chi connectivity index (χ0v) is 9.07. The van der Waals surface area contributed by atoms with Crippen molar-refractivity contribution in [3.05, 3.63) is 35.4 Å². The molecule has 0 saturated carbocycles. The fourth-order valence-corrected chi connectivity index (χ4v) is 1.14. The van der Waals surface area contributed by atoms with Gasteiger partial charge in [0.1, 0.15) is 0 Å². The fraction of sp³-hybridized carbons (Fsp3) is 0.273. The van der Waals surface area contributed by atoms with Gasteiger partial charge in [-0.2, -0.15) is 0 Å². The third kappa shape index (κ3) is 3.36. The molecule has 0 aliphatic rings. The third-order valence-electron chi connectivity index (χ3n) is 2.12. The van der Waals surface area contributed by atoms with Crippen LogP contribution in [-0.4, -0.2) is 17.9 Å². The number of primary amides is 1. The molecule has 0 radical (unpaired) electrons. The molecule has 16 heavy (non-hydrogen) atoms. The maximum atomic E-state index is 11.2. The number of nitrogens with one attached hydrogen (secondary N) is 1. The lowest BCUT2D eigenvalue weighted by molar-refractivity contribution is -0.122. The summed E-state index contributed by atoms with van der Waals surface area (Å²) in [5, 5.41) is 2.67. The first-order chi connectivity index (χ1) is 7.50. The van der Waals surface area contributed by atoms with E-state index in [0.717, 1.165) is 5.56 Å². The molecule has 0 aliphatic heterocycles. The van der Waals surface area contributed by atoms with Crippen molar-refractivity contribution in [2.24, 2.45) is 11.5 Å². The largest absolute Gasteiger partial charge is 0.366 e. The minimum atomic E-state index is -0.523. The van der Waals surface area contributed by atoms with E-state index in [-0.39, 0.29) is 5.91 Å². The van der Waals surface area contributed by atoms with Crippen LogP contribution in [0.15, 0.2) is 24.3 Å². The van der Waals surface area contributed by atoms with Crippen molar-refractivity contribution in [1.29, 1.82) is 0 Å². The quantitative estimate of drug-likeness (QED) is 0.653. The molecular formula is C11H15N3O2. The summed E-state index contributed by atoms with van der Waals surface area (Å²) in [6, 6.07) is 6.19. The van der Waals surface area contributed by atoms with Gasteiger partial charge in [-0.15, -0.1) is 0 Å². The normalized spacial score (nSPS) is 11.9. The summed E-state index contributed by atoms with van der Waals surface area (Å²) >= 11 is 0. The lowest BCUT2D eigenvalue weighted by Crippen LogP contribution is -2.37. The molecule has 5 nitrogen and oxygen atoms in total. The highest BCUT2D eigenvalue weighted by Gasteiger charge is 2.06. The van der Waals surface area contributed by atoms with Gasteiger partial charge in [0.2, 0.25) is 11.8 Å². The SMILES string of the molecule is C[C@H](N)C(=O)NCc1ccc(C(N)=O)cc1. The van der Waals surface area contributed by atoms with Crippen molar-refractivity contribution < 1.29 is 9.59 Å². The zero-order valence-electron chi connectivity index (χ0n) is 9.07. The highest BCUT2D eigenvalue weighted by Crippen LogP contribution is 2.03. The topological polar surface area (TPSA) is 98.2 Å². The molecule has 1 atom stereocenters. The fourth-order valence-electron chi connectivity index (χ4n) is 1.14. The summed E-state index contributed by atoms with van der Waals surface area (Å²) in [5.74, 6) is -0.676. The van der Waals surface area contributed by atoms with Crippen LogP contribution in [0.2, 0.25) is 0 Å². The molecule has 86 valence electrons. The standard InChI is InChI=1S/C11H15N3O2/c1-7(12)11(16)14-6-8-2-4-9(5-3-8)10(13)15/h2-5,7H,6,12H2,1H3,(H2,13,15)(H,14,16)/t7-/m0/s1. The van der Waals surface area contributed by atoms with Crippen LogP contribution in [0.1, 0.15) is 22.8 Å². The van der Waals surface area contributed by atoms with E-state index in [1.807, 2.05) is 0 Å². The molecule has 0 fully saturated rings. The van der Waals surface area contributed by atoms with Crippen LogP contribution in [0.3, 0.4) is 0 Å². The molecule has 0 bridgehead atoms. The van der Waals surface area contributed by atoms with Crippen molar-refractivity contribution >= 4 is 11.8 Å². The number of amides is 2. The lowest BCUT2D eigenvalue weighted by Gasteiger charge is -2.07. The van der Waals surface area contributed by atoms with Crippen LogP contribution >= 0.6 is 0 Å². The summed E-state index contributed by atoms with van der Waals surface area (Å²) in [4.78, 5) is 22.0. The Morgan fingerprint density at radius 2 is 1.88 bits per heavy atom. The van der Waals surface area contributed by atoms with Crippen molar-refractivity contribution in [1.82, 2.24) is 5.32 Å². The summed E-state index contributed by atoms with van der Waals surface area (Å²) in [5.41, 5.74) is 11.8. The second-order valence-corrected chi connectivity index (χ2v) is 3.57. The van der Waals surface area contributed by atoms with E-state index < -0.39 is 11.9 Å². The van der Waals surface area contributed by atoms with Crippen molar-refractivity contribution in [3.8, 4) is 0 Å². The molecule has 1 rings (SSSR count). The van der Waals surface area contributed by atoms with E-state index in [2.05, 4.69) is 5.32 Å². The third-order valence-corrected chi connectivity index (χ3v) is 2.12. The highest BCUT2D eigenvalue weighted by atomic mass is 16.2. The average Bonchev–Trinajstić information content (AvgIpc) is 2.26. The Labute approximate surface area is 93.8 Å². The Morgan fingerprint density at radius 1 is 1.31 bits per heavy atom. The van der Waals surface area contributed by atoms with E-state index in [1.165, 1.54) is 0 Å². The second-order valence-electron chi connectivity index (χ2n) is 3.57. The van der Waals surface area contributed by atoms with Gasteiger partial charge in [0.15, 0.2) is 0 Å². The van der Waals surface area contributed by atoms with Gasteiger partial charge in [-0.05, 0) is 24.6 Å². The van der Waals surface area contributed by atoms with E-state index in [0.29, 0.717) is 12.1 Å². The predicted octanol–water partition coefficient (Wildman–Crippen LogP) is -0.251. The van der Waals surface area contributed by atoms with Gasteiger partial charge in [0, 0.05) is 12.1 Å². The molecule has 5 N–H and O–H groups in total. The van der Waals surface area contributed by atoms with Gasteiger partial charge in [0.05, 0.1) is 6.04 Å². The van der Waals surface area contributed by atoms with E-state index in [4.69, 9.17) is 11.5 Å². The van der Waals surface area contributed by atoms with Crippen molar-refractivity contribution in [3.63, 3.8) is 0 Å². The Hall–Kier alpha value is -1.88. The molecule has 0 aliphatic carbocycles. The molecule has 0 saturated heterocycles. The predicted molar refractivity (Wildman–Crippen MR) is 60.5 cm³/mol. The van der Waals surface area contributed by atoms with Crippen molar-refractivity contribution in [2.75, 3.05) is 0 Å². The molecule has 1 aromatic rings. The lowest BCUT2D eigenvalue weighted by atomic mass is 10.1. The van der Waals surface area contributed by atoms with E-state index >= 15 is 0 Å². The number of hydrogen-bond acceptors (Lipinski definition) is 3. The molecule has 2 amide bonds. The maximum absolute atomic E-state index is 11.2. The Kier molecular flexibility index (Phi) is 4.02. The molecule has 1 aromatic carbocycles. The highest BCUT2D eigenvalue weighted by molar-refractivity contribution is 5.92. The first-order valence-electron chi connectivity index (χ1n) is 4.92. The minimum Gasteiger partial charge on any atom is -0.366 e. The number of benzene rings is 1. The Balaban J connectivity index is 2.56. The van der Waals surface area contributed by atoms with Crippen LogP contribution < -0.4 is 16.8 Å². The smallest absolute Gasteiger partial charge is 0.248 e. The monoisotopic (exact) mass is 221 g/mol. The van der Waals surface area contributed by atoms with E-state index in [1.54, 1.807) is 31.2 Å². The first-order valence-corrected chi connectivity index (χ1v) is 4.92. The van der Waals surface area contributed by atoms with E-state index in [9.17, 15) is 9.59 Å². The van der Waals surface area contributed by atoms with Crippen LogP contribution in [0, 0.1) is 0 Å². The van der Waals surface area contributed by atoms with Crippen LogP contribution in [-0.2, 0) is 11.3 Å². The Morgan fingerprint density at radius 3 is 2.31 bits per heavy atom. The second kappa shape index (κ2) is 5.27. The summed E-state index contributed by atoms with van der Waals surface area (Å²) in [6.07, 6.45) is 0. The molecule has 0 aromatic heterocycles. The van der Waals surface area contributed by atoms with Gasteiger partial charge in [-0.3, -0.25) is 9.59 Å². The molecule has 5 heteroatoms. The molecule has 0 spiro atoms. The molecular weight excluding hydrogens is 206 g/mol. The number of carbonyl (C=O) groups is 2. The summed E-state index contributed by atoms with van der Waals surface area (Å²) in [6.45, 7) is 2.00. The number of nitrogens with two attached hydrogens (primary N) is 2. The minimum absolute atomic E-state index is 0.209. The van der Waals surface area contributed by atoms with Crippen LogP contribution in [0.25, 0.3) is 0 Å². The van der Waals surface area contributed by atoms with Crippen LogP contribution in [0.4, 0.5) is 0 Å². The average molecular weight is 221 g/mol. The number of rotatable bonds is 4. The molecule has 0 unspecified atom stereocenters. The number of carbonyl (C=O) groups excluding carboxylic acids is 2. The Bertz CT molecular complexity index is 385. The maximum Gasteiger partial charge on any atom is 0.248 e. The number of hydrogen-bond donors (Lipinski definition) is 3. The zero-order chi connectivity index (χ0) is 12.1. The summed E-state index contributed by atoms with van der Waals surface area (Å²) in [7, 11) is 0. The van der Waals surface area contributed by atoms with Crippen molar-refractivity contribution in [2.45, 2.75) is 19.5 Å². The molecule has 0 heterocycles. The van der Waals surface area contributed by atoms with Gasteiger partial charge in [-0.1, -0.05) is 12.1 Å².